The number of nitrogens with two attached hydrogens (primary N) is 1. The van der Waals surface area contributed by atoms with Gasteiger partial charge in [-0.1, -0.05) is 47.5 Å². The Morgan fingerprint density at radius 2 is 1.25 bits per heavy atom. The third-order valence-electron chi connectivity index (χ3n) is 9.03. The van der Waals surface area contributed by atoms with Crippen molar-refractivity contribution < 1.29 is 24.9 Å². The van der Waals surface area contributed by atoms with Crippen molar-refractivity contribution in [2.24, 2.45) is 5.73 Å². The molecule has 0 aliphatic heterocycles. The molecule has 308 valence electrons. The second-order valence-electron chi connectivity index (χ2n) is 14.0. The summed E-state index contributed by atoms with van der Waals surface area (Å²) in [5, 5.41) is 46.1. The maximum Gasteiger partial charge on any atom is 0.338 e. The number of aryl methyl sites for hydroxylation is 2. The van der Waals surface area contributed by atoms with E-state index < -0.39 is 12.0 Å². The Balaban J connectivity index is 0.000000166. The Labute approximate surface area is 349 Å². The molecular formula is C40H44Cl2N12O5. The fourth-order valence-corrected chi connectivity index (χ4v) is 5.83. The molecule has 2 aromatic carbocycles. The number of benzene rings is 2. The molecule has 2 fully saturated rings. The molecule has 2 aliphatic carbocycles. The van der Waals surface area contributed by atoms with Gasteiger partial charge in [0.25, 0.3) is 5.91 Å². The zero-order valence-electron chi connectivity index (χ0n) is 32.2. The number of hydrogen-bond acceptors (Lipinski definition) is 13. The van der Waals surface area contributed by atoms with E-state index in [1.54, 1.807) is 59.7 Å². The lowest BCUT2D eigenvalue weighted by Gasteiger charge is -2.16. The predicted octanol–water partition coefficient (Wildman–Crippen LogP) is 5.24. The van der Waals surface area contributed by atoms with Gasteiger partial charge in [-0.25, -0.2) is 24.1 Å². The first-order chi connectivity index (χ1) is 28.4. The zero-order valence-corrected chi connectivity index (χ0v) is 33.7. The average molecular weight is 844 g/mol. The number of aliphatic hydroxyl groups is 2. The average Bonchev–Trinajstić information content (AvgIpc) is 4.12. The van der Waals surface area contributed by atoms with Gasteiger partial charge >= 0.3 is 5.97 Å². The molecule has 2 saturated carbocycles. The smallest absolute Gasteiger partial charge is 0.338 e. The fourth-order valence-electron chi connectivity index (χ4n) is 5.44. The number of carboxylic acids is 1. The normalized spacial score (nSPS) is 14.2. The van der Waals surface area contributed by atoms with Crippen LogP contribution in [0.2, 0.25) is 10.0 Å². The lowest BCUT2D eigenvalue weighted by atomic mass is 10.1. The number of rotatable bonds is 13. The summed E-state index contributed by atoms with van der Waals surface area (Å²) in [6.45, 7) is 3.44. The number of aromatic carboxylic acids is 1. The number of carbonyl (C=O) groups excluding carboxylic acids is 1. The summed E-state index contributed by atoms with van der Waals surface area (Å²) < 4.78 is 3.01. The number of carboxylic acid groups (broad SMARTS) is 1. The molecule has 6 aromatic rings. The van der Waals surface area contributed by atoms with Gasteiger partial charge in [0, 0.05) is 58.0 Å². The van der Waals surface area contributed by atoms with Crippen LogP contribution >= 0.6 is 23.2 Å². The van der Waals surface area contributed by atoms with E-state index in [0.29, 0.717) is 51.2 Å². The summed E-state index contributed by atoms with van der Waals surface area (Å²) in [4.78, 5) is 40.9. The molecule has 0 spiro atoms. The van der Waals surface area contributed by atoms with E-state index in [1.807, 2.05) is 26.0 Å². The fraction of sp³-hybridized carbons (Fsp3) is 0.300. The highest BCUT2D eigenvalue weighted by Crippen LogP contribution is 2.25. The lowest BCUT2D eigenvalue weighted by Crippen LogP contribution is -2.30. The molecule has 19 heteroatoms. The van der Waals surface area contributed by atoms with Crippen LogP contribution in [0.1, 0.15) is 80.7 Å². The molecule has 0 saturated heterocycles. The van der Waals surface area contributed by atoms with Gasteiger partial charge < -0.3 is 37.0 Å². The Bertz CT molecular complexity index is 2380. The third kappa shape index (κ3) is 12.0. The van der Waals surface area contributed by atoms with Crippen LogP contribution in [0.25, 0.3) is 11.6 Å². The van der Waals surface area contributed by atoms with Crippen LogP contribution in [-0.2, 0) is 0 Å². The maximum absolute atomic E-state index is 12.7. The number of halogens is 2. The van der Waals surface area contributed by atoms with Crippen LogP contribution in [0.3, 0.4) is 0 Å². The minimum Gasteiger partial charge on any atom is -0.478 e. The van der Waals surface area contributed by atoms with Crippen molar-refractivity contribution in [1.29, 1.82) is 0 Å². The highest BCUT2D eigenvalue weighted by Gasteiger charge is 2.24. The lowest BCUT2D eigenvalue weighted by molar-refractivity contribution is 0.0696. The molecule has 59 heavy (non-hydrogen) atoms. The number of amides is 1. The van der Waals surface area contributed by atoms with Gasteiger partial charge in [0.2, 0.25) is 11.9 Å². The molecule has 8 rings (SSSR count). The van der Waals surface area contributed by atoms with Crippen molar-refractivity contribution in [3.05, 3.63) is 129 Å². The SMILES string of the molecule is Cc1cnc(NC2CC2)nc1-n1cc(C(=O)N[C@H](CO)c2cccc(Cl)c2)cn1.Cc1cnc(NC2CC2)nc1-n1cc(C(=O)O)cn1.N[C@H](CO)c1cccc(Cl)c1. The van der Waals surface area contributed by atoms with E-state index in [0.717, 1.165) is 47.9 Å². The van der Waals surface area contributed by atoms with Crippen molar-refractivity contribution in [1.82, 2.24) is 44.8 Å². The Morgan fingerprint density at radius 3 is 1.71 bits per heavy atom. The summed E-state index contributed by atoms with van der Waals surface area (Å²) in [5.74, 6) is 0.945. The van der Waals surface area contributed by atoms with Crippen LogP contribution in [-0.4, -0.2) is 92.0 Å². The number of carbonyl (C=O) groups is 2. The van der Waals surface area contributed by atoms with Gasteiger partial charge in [-0.05, 0) is 74.9 Å². The van der Waals surface area contributed by atoms with Crippen molar-refractivity contribution in [3.63, 3.8) is 0 Å². The number of hydrogen-bond donors (Lipinski definition) is 7. The van der Waals surface area contributed by atoms with E-state index in [-0.39, 0.29) is 30.7 Å². The first kappa shape index (κ1) is 42.6. The molecule has 0 bridgehead atoms. The first-order valence-electron chi connectivity index (χ1n) is 18.7. The molecule has 4 heterocycles. The molecule has 2 aliphatic rings. The standard InChI is InChI=1S/C20H21ClN6O2.C12H13N5O2.C8H10ClNO/c1-12-8-22-20(24-16-5-6-16)26-18(12)27-10-14(9-23-27)19(29)25-17(11-28)13-3-2-4-15(21)7-13;1-7-4-13-12(15-9-2-3-9)16-10(7)17-6-8(5-14-17)11(18)19;9-7-3-1-2-6(4-7)8(10)5-11/h2-4,7-10,16-17,28H,5-6,11H2,1H3,(H,25,29)(H,22,24,26);4-6,9H,2-3H2,1H3,(H,18,19)(H,13,15,16);1-4,8,11H,5,10H2/t17-;;8-/m1.1/s1. The Kier molecular flexibility index (Phi) is 14.2. The van der Waals surface area contributed by atoms with Gasteiger partial charge in [0.15, 0.2) is 11.6 Å². The predicted molar refractivity (Wildman–Crippen MR) is 222 cm³/mol. The Morgan fingerprint density at radius 1 is 0.763 bits per heavy atom. The van der Waals surface area contributed by atoms with E-state index in [4.69, 9.17) is 39.1 Å². The molecule has 4 aromatic heterocycles. The van der Waals surface area contributed by atoms with E-state index >= 15 is 0 Å². The third-order valence-corrected chi connectivity index (χ3v) is 9.50. The van der Waals surface area contributed by atoms with E-state index in [2.05, 4.69) is 46.1 Å². The summed E-state index contributed by atoms with van der Waals surface area (Å²) in [7, 11) is 0. The zero-order chi connectivity index (χ0) is 42.1. The summed E-state index contributed by atoms with van der Waals surface area (Å²) in [5.41, 5.74) is 9.31. The topological polar surface area (TPSA) is 244 Å². The molecule has 1 amide bonds. The van der Waals surface area contributed by atoms with Crippen molar-refractivity contribution in [2.45, 2.75) is 63.7 Å². The molecule has 0 unspecified atom stereocenters. The van der Waals surface area contributed by atoms with Crippen molar-refractivity contribution in [3.8, 4) is 11.6 Å². The summed E-state index contributed by atoms with van der Waals surface area (Å²) in [6.07, 6.45) is 13.8. The highest BCUT2D eigenvalue weighted by molar-refractivity contribution is 6.30. The second-order valence-corrected chi connectivity index (χ2v) is 14.9. The van der Waals surface area contributed by atoms with Gasteiger partial charge in [-0.15, -0.1) is 0 Å². The number of aliphatic hydroxyl groups excluding tert-OH is 2. The van der Waals surface area contributed by atoms with E-state index in [9.17, 15) is 14.7 Å². The van der Waals surface area contributed by atoms with Crippen LogP contribution in [0, 0.1) is 13.8 Å². The van der Waals surface area contributed by atoms with Crippen LogP contribution in [0.4, 0.5) is 11.9 Å². The van der Waals surface area contributed by atoms with Gasteiger partial charge in [-0.2, -0.15) is 20.2 Å². The highest BCUT2D eigenvalue weighted by atomic mass is 35.5. The molecule has 0 radical (unpaired) electrons. The number of nitrogens with one attached hydrogen (secondary N) is 3. The summed E-state index contributed by atoms with van der Waals surface area (Å²) in [6, 6.07) is 14.2. The van der Waals surface area contributed by atoms with Gasteiger partial charge in [0.05, 0.1) is 48.8 Å². The number of aromatic nitrogens is 8. The molecule has 2 atom stereocenters. The molecule has 17 nitrogen and oxygen atoms in total. The Hall–Kier alpha value is -5.98. The minimum absolute atomic E-state index is 0.0552. The van der Waals surface area contributed by atoms with Crippen LogP contribution < -0.4 is 21.7 Å². The largest absolute Gasteiger partial charge is 0.478 e. The van der Waals surface area contributed by atoms with Crippen molar-refractivity contribution >= 4 is 47.0 Å². The maximum atomic E-state index is 12.7. The molecule has 8 N–H and O–H groups in total. The number of anilines is 2. The summed E-state index contributed by atoms with van der Waals surface area (Å²) >= 11 is 11.7. The minimum atomic E-state index is -1.01. The number of nitrogens with zero attached hydrogens (tertiary/aromatic N) is 8. The van der Waals surface area contributed by atoms with Crippen molar-refractivity contribution in [2.75, 3.05) is 23.8 Å². The van der Waals surface area contributed by atoms with E-state index in [1.165, 1.54) is 23.3 Å². The second kappa shape index (κ2) is 19.6. The monoisotopic (exact) mass is 842 g/mol. The van der Waals surface area contributed by atoms with Crippen LogP contribution in [0.5, 0.6) is 0 Å². The van der Waals surface area contributed by atoms with Gasteiger partial charge in [-0.3, -0.25) is 4.79 Å². The van der Waals surface area contributed by atoms with Gasteiger partial charge in [0.1, 0.15) is 0 Å². The first-order valence-corrected chi connectivity index (χ1v) is 19.5. The van der Waals surface area contributed by atoms with Crippen LogP contribution in [0.15, 0.2) is 85.7 Å². The molecular weight excluding hydrogens is 799 g/mol. The quantitative estimate of drug-likeness (QED) is 0.0787.